The van der Waals surface area contributed by atoms with Gasteiger partial charge in [0.1, 0.15) is 5.60 Å². The number of aliphatic carboxylic acids is 1. The molecule has 2 fully saturated rings. The molecule has 3 amide bonds. The Labute approximate surface area is 371 Å². The topological polar surface area (TPSA) is 156 Å². The molecule has 2 atom stereocenters. The lowest BCUT2D eigenvalue weighted by molar-refractivity contribution is -0.137. The van der Waals surface area contributed by atoms with E-state index in [1.807, 2.05) is 65.2 Å². The number of benzene rings is 2. The minimum Gasteiger partial charge on any atom is -0.493 e. The number of carbonyl (C=O) groups is 4. The van der Waals surface area contributed by atoms with Crippen molar-refractivity contribution in [3.8, 4) is 23.0 Å². The summed E-state index contributed by atoms with van der Waals surface area (Å²) in [6.07, 6.45) is 3.87. The Morgan fingerprint density at radius 3 is 1.75 bits per heavy atom. The van der Waals surface area contributed by atoms with Crippen LogP contribution in [0.3, 0.4) is 0 Å². The number of halogens is 3. The molecule has 2 aliphatic rings. The molecule has 0 saturated carbocycles. The molecule has 17 heteroatoms. The lowest BCUT2D eigenvalue weighted by atomic mass is 10.0. The Bertz CT molecular complexity index is 1730. The second-order valence-electron chi connectivity index (χ2n) is 16.1. The Morgan fingerprint density at radius 1 is 0.817 bits per heavy atom. The summed E-state index contributed by atoms with van der Waals surface area (Å²) < 4.78 is 27.5. The number of hydrogen-bond donors (Lipinski definition) is 2. The summed E-state index contributed by atoms with van der Waals surface area (Å²) in [5.41, 5.74) is 0.118. The van der Waals surface area contributed by atoms with Crippen molar-refractivity contribution in [3.63, 3.8) is 0 Å². The molecular weight excluding hydrogens is 839 g/mol. The first-order valence-electron chi connectivity index (χ1n) is 20.4. The molecule has 2 saturated heterocycles. The van der Waals surface area contributed by atoms with Crippen molar-refractivity contribution in [1.29, 1.82) is 0 Å². The quantitative estimate of drug-likeness (QED) is 0.177. The van der Waals surface area contributed by atoms with Crippen LogP contribution in [0.1, 0.15) is 115 Å². The van der Waals surface area contributed by atoms with Gasteiger partial charge in [0.2, 0.25) is 0 Å². The van der Waals surface area contributed by atoms with Gasteiger partial charge in [0.05, 0.1) is 61.1 Å². The van der Waals surface area contributed by atoms with Crippen LogP contribution in [0.25, 0.3) is 0 Å². The van der Waals surface area contributed by atoms with Gasteiger partial charge in [-0.05, 0) is 99.2 Å². The van der Waals surface area contributed by atoms with Gasteiger partial charge >= 0.3 is 12.1 Å². The zero-order chi connectivity index (χ0) is 44.0. The number of carboxylic acids is 1. The summed E-state index contributed by atoms with van der Waals surface area (Å²) in [6, 6.07) is 6.23. The van der Waals surface area contributed by atoms with E-state index in [1.165, 1.54) is 19.2 Å². The van der Waals surface area contributed by atoms with Gasteiger partial charge in [-0.25, -0.2) is 4.79 Å². The molecular formula is C43H65Cl3N4O10. The summed E-state index contributed by atoms with van der Waals surface area (Å²) >= 11 is 12.8. The first kappa shape index (κ1) is 52.3. The Balaban J connectivity index is 0.000000412. The number of methoxy groups -OCH3 is 2. The number of ether oxygens (including phenoxy) is 5. The summed E-state index contributed by atoms with van der Waals surface area (Å²) in [4.78, 5) is 55.6. The van der Waals surface area contributed by atoms with Crippen LogP contribution >= 0.6 is 35.6 Å². The zero-order valence-electron chi connectivity index (χ0n) is 36.7. The summed E-state index contributed by atoms with van der Waals surface area (Å²) in [5, 5.41) is 12.7. The van der Waals surface area contributed by atoms with Crippen LogP contribution in [0.4, 0.5) is 4.79 Å². The van der Waals surface area contributed by atoms with Crippen molar-refractivity contribution in [2.24, 2.45) is 0 Å². The average molecular weight is 904 g/mol. The number of rotatable bonds is 15. The second-order valence-corrected chi connectivity index (χ2v) is 17.0. The fourth-order valence-electron chi connectivity index (χ4n) is 7.07. The molecule has 2 heterocycles. The van der Waals surface area contributed by atoms with Crippen LogP contribution in [-0.4, -0.2) is 127 Å². The predicted octanol–water partition coefficient (Wildman–Crippen LogP) is 8.61. The van der Waals surface area contributed by atoms with Gasteiger partial charge in [-0.2, -0.15) is 0 Å². The van der Waals surface area contributed by atoms with Crippen LogP contribution < -0.4 is 24.3 Å². The van der Waals surface area contributed by atoms with Crippen molar-refractivity contribution in [2.45, 2.75) is 124 Å². The molecule has 2 aliphatic heterocycles. The molecule has 0 aliphatic carbocycles. The van der Waals surface area contributed by atoms with E-state index < -0.39 is 11.6 Å². The minimum atomic E-state index is -0.963. The highest BCUT2D eigenvalue weighted by Crippen LogP contribution is 2.36. The molecule has 0 aromatic heterocycles. The Kier molecular flexibility index (Phi) is 21.4. The average Bonchev–Trinajstić information content (AvgIpc) is 3.17. The number of piperidine rings is 2. The van der Waals surface area contributed by atoms with E-state index in [0.717, 1.165) is 45.2 Å². The number of likely N-dealkylation sites (tertiary alicyclic amines) is 1. The smallest absolute Gasteiger partial charge is 0.410 e. The van der Waals surface area contributed by atoms with Gasteiger partial charge < -0.3 is 48.8 Å². The normalized spacial score (nSPS) is 16.5. The van der Waals surface area contributed by atoms with Gasteiger partial charge in [-0.1, -0.05) is 30.1 Å². The highest BCUT2D eigenvalue weighted by Gasteiger charge is 2.35. The van der Waals surface area contributed by atoms with Crippen LogP contribution in [0.15, 0.2) is 24.3 Å². The molecule has 2 aromatic carbocycles. The summed E-state index contributed by atoms with van der Waals surface area (Å²) in [7, 11) is 3.00. The maximum absolute atomic E-state index is 13.6. The number of nitrogens with one attached hydrogen (secondary N) is 1. The largest absolute Gasteiger partial charge is 0.493 e. The molecule has 0 spiro atoms. The third kappa shape index (κ3) is 15.0. The van der Waals surface area contributed by atoms with Crippen molar-refractivity contribution in [2.75, 3.05) is 53.6 Å². The number of amides is 3. The lowest BCUT2D eigenvalue weighted by Crippen LogP contribution is -2.54. The van der Waals surface area contributed by atoms with Crippen molar-refractivity contribution in [1.82, 2.24) is 20.0 Å². The van der Waals surface area contributed by atoms with E-state index in [1.54, 1.807) is 24.1 Å². The molecule has 2 aromatic rings. The lowest BCUT2D eigenvalue weighted by Gasteiger charge is -2.41. The fourth-order valence-corrected chi connectivity index (χ4v) is 7.54. The minimum absolute atomic E-state index is 0. The van der Waals surface area contributed by atoms with E-state index in [-0.39, 0.29) is 72.5 Å². The van der Waals surface area contributed by atoms with Gasteiger partial charge in [0.25, 0.3) is 11.8 Å². The first-order valence-corrected chi connectivity index (χ1v) is 21.1. The molecule has 2 N–H and O–H groups in total. The SMILES string of the molecule is CCCOc1cc(C(=O)N(C(C)C)[C@@H]2CCCN(C(=O)OC(C)(C)C)C2)c(Cl)cc1OC.COc1cc(Cl)c(C(=O)N(C(C)C)[C@@H]2CCCNC2)cc1OCCC(=O)O.Cl. The highest BCUT2D eigenvalue weighted by atomic mass is 35.5. The number of carboxylic acid groups (broad SMARTS) is 1. The second kappa shape index (κ2) is 24.6. The van der Waals surface area contributed by atoms with Gasteiger partial charge in [0, 0.05) is 49.9 Å². The fraction of sp³-hybridized carbons (Fsp3) is 0.628. The van der Waals surface area contributed by atoms with Crippen LogP contribution in [-0.2, 0) is 9.53 Å². The van der Waals surface area contributed by atoms with Gasteiger partial charge in [0.15, 0.2) is 23.0 Å². The molecule has 0 bridgehead atoms. The van der Waals surface area contributed by atoms with Crippen molar-refractivity contribution in [3.05, 3.63) is 45.4 Å². The first-order chi connectivity index (χ1) is 27.8. The van der Waals surface area contributed by atoms with E-state index in [0.29, 0.717) is 58.8 Å². The molecule has 14 nitrogen and oxygen atoms in total. The van der Waals surface area contributed by atoms with Crippen molar-refractivity contribution >= 4 is 59.5 Å². The number of nitrogens with zero attached hydrogens (tertiary/aromatic N) is 3. The van der Waals surface area contributed by atoms with Crippen molar-refractivity contribution < 1.29 is 48.0 Å². The maximum Gasteiger partial charge on any atom is 0.410 e. The molecule has 0 unspecified atom stereocenters. The van der Waals surface area contributed by atoms with Gasteiger partial charge in [-0.3, -0.25) is 14.4 Å². The third-order valence-corrected chi connectivity index (χ3v) is 10.3. The molecule has 60 heavy (non-hydrogen) atoms. The van der Waals surface area contributed by atoms with E-state index in [4.69, 9.17) is 52.0 Å². The standard InChI is InChI=1S/C24H37ClN2O5.C19H27ClN2O5.ClH/c1-8-12-31-21-13-18(19(25)14-20(21)30-7)22(28)27(16(2)3)17-10-9-11-26(15-17)23(29)32-24(4,5)6;1-12(2)22(13-5-4-7-21-11-13)19(25)14-9-17(27-8-6-18(23)24)16(26-3)10-15(14)20;/h13-14,16-17H,8-12,15H2,1-7H3;9-10,12-13,21H,4-8,11H2,1-3H3,(H,23,24);1H/t17-;13-;/m11./s1. The van der Waals surface area contributed by atoms with Crippen LogP contribution in [0.2, 0.25) is 10.0 Å². The Morgan fingerprint density at radius 2 is 1.32 bits per heavy atom. The monoisotopic (exact) mass is 902 g/mol. The maximum atomic E-state index is 13.6. The number of carbonyl (C=O) groups excluding carboxylic acids is 3. The van der Waals surface area contributed by atoms with E-state index in [2.05, 4.69) is 5.32 Å². The molecule has 0 radical (unpaired) electrons. The molecule has 338 valence electrons. The zero-order valence-corrected chi connectivity index (χ0v) is 39.1. The van der Waals surface area contributed by atoms with E-state index >= 15 is 0 Å². The Hall–Kier alpha value is -3.85. The molecule has 4 rings (SSSR count). The van der Waals surface area contributed by atoms with Crippen LogP contribution in [0, 0.1) is 0 Å². The van der Waals surface area contributed by atoms with E-state index in [9.17, 15) is 19.2 Å². The third-order valence-electron chi connectivity index (χ3n) is 9.69. The van der Waals surface area contributed by atoms with Gasteiger partial charge in [-0.15, -0.1) is 12.4 Å². The highest BCUT2D eigenvalue weighted by molar-refractivity contribution is 6.34. The number of hydrogen-bond acceptors (Lipinski definition) is 10. The predicted molar refractivity (Wildman–Crippen MR) is 236 cm³/mol. The summed E-state index contributed by atoms with van der Waals surface area (Å²) in [6.45, 7) is 18.7. The van der Waals surface area contributed by atoms with Crippen LogP contribution in [0.5, 0.6) is 23.0 Å². The summed E-state index contributed by atoms with van der Waals surface area (Å²) in [5.74, 6) is 0.318.